The molecular formula is C59H38N2. The lowest BCUT2D eigenvalue weighted by Crippen LogP contribution is -1.92. The number of benzene rings is 10. The first-order chi connectivity index (χ1) is 30.2. The van der Waals surface area contributed by atoms with Gasteiger partial charge in [-0.05, 0) is 140 Å². The van der Waals surface area contributed by atoms with Crippen molar-refractivity contribution in [1.29, 1.82) is 0 Å². The van der Waals surface area contributed by atoms with Crippen molar-refractivity contribution in [1.82, 2.24) is 9.97 Å². The first kappa shape index (κ1) is 35.0. The van der Waals surface area contributed by atoms with Gasteiger partial charge in [0.05, 0.1) is 11.4 Å². The second kappa shape index (κ2) is 14.1. The predicted molar refractivity (Wildman–Crippen MR) is 259 cm³/mol. The van der Waals surface area contributed by atoms with Crippen molar-refractivity contribution in [2.75, 3.05) is 0 Å². The van der Waals surface area contributed by atoms with E-state index in [-0.39, 0.29) is 0 Å². The summed E-state index contributed by atoms with van der Waals surface area (Å²) in [6.45, 7) is 2.23. The van der Waals surface area contributed by atoms with Crippen molar-refractivity contribution >= 4 is 64.6 Å². The van der Waals surface area contributed by atoms with Gasteiger partial charge in [-0.3, -0.25) is 9.97 Å². The summed E-state index contributed by atoms with van der Waals surface area (Å²) in [7, 11) is 0. The molecule has 0 N–H and O–H groups in total. The van der Waals surface area contributed by atoms with E-state index in [0.29, 0.717) is 0 Å². The Morgan fingerprint density at radius 2 is 0.836 bits per heavy atom. The van der Waals surface area contributed by atoms with Crippen molar-refractivity contribution in [2.45, 2.75) is 6.92 Å². The summed E-state index contributed by atoms with van der Waals surface area (Å²) in [6, 6.07) is 73.3. The smallest absolute Gasteiger partial charge is 0.0886 e. The van der Waals surface area contributed by atoms with Crippen LogP contribution in [0.3, 0.4) is 0 Å². The van der Waals surface area contributed by atoms with E-state index in [0.717, 1.165) is 22.5 Å². The third-order valence-electron chi connectivity index (χ3n) is 12.7. The highest BCUT2D eigenvalue weighted by Crippen LogP contribution is 2.46. The molecule has 0 unspecified atom stereocenters. The van der Waals surface area contributed by atoms with Crippen LogP contribution in [0.4, 0.5) is 0 Å². The SMILES string of the molecule is Cc1cccc2ccc3cccc(-c4cccc5ccc6cc(-c7c8ccccc8c(-c8ccc(-c9ccc(-c%10ccccn%10)nc9)cc8)c8ccccc78)ccc6c45)c3c12. The number of rotatable bonds is 5. The Hall–Kier alpha value is -7.94. The molecular weight excluding hydrogens is 737 g/mol. The van der Waals surface area contributed by atoms with E-state index in [1.54, 1.807) is 6.20 Å². The normalized spacial score (nSPS) is 11.7. The number of aryl methyl sites for hydroxylation is 1. The maximum absolute atomic E-state index is 4.74. The van der Waals surface area contributed by atoms with Gasteiger partial charge in [0.15, 0.2) is 0 Å². The fourth-order valence-corrected chi connectivity index (χ4v) is 9.87. The second-order valence-corrected chi connectivity index (χ2v) is 16.1. The van der Waals surface area contributed by atoms with Crippen molar-refractivity contribution < 1.29 is 0 Å². The van der Waals surface area contributed by atoms with Gasteiger partial charge in [0.1, 0.15) is 0 Å². The van der Waals surface area contributed by atoms with Gasteiger partial charge in [-0.2, -0.15) is 0 Å². The van der Waals surface area contributed by atoms with Crippen LogP contribution in [-0.2, 0) is 0 Å². The molecule has 0 aliphatic heterocycles. The second-order valence-electron chi connectivity index (χ2n) is 16.1. The highest BCUT2D eigenvalue weighted by molar-refractivity contribution is 6.24. The maximum atomic E-state index is 4.74. The average Bonchev–Trinajstić information content (AvgIpc) is 3.33. The van der Waals surface area contributed by atoms with E-state index in [2.05, 4.69) is 188 Å². The summed E-state index contributed by atoms with van der Waals surface area (Å²) in [5, 5.41) is 15.2. The molecule has 0 bridgehead atoms. The molecule has 2 heterocycles. The van der Waals surface area contributed by atoms with Gasteiger partial charge in [0, 0.05) is 18.0 Å². The Kier molecular flexibility index (Phi) is 8.11. The van der Waals surface area contributed by atoms with Crippen LogP contribution in [0.1, 0.15) is 5.56 Å². The van der Waals surface area contributed by atoms with Gasteiger partial charge in [0.25, 0.3) is 0 Å². The van der Waals surface area contributed by atoms with Crippen LogP contribution in [0.25, 0.3) is 121 Å². The molecule has 0 amide bonds. The molecule has 2 heteroatoms. The van der Waals surface area contributed by atoms with E-state index in [1.165, 1.54) is 104 Å². The molecule has 10 aromatic carbocycles. The number of hydrogen-bond acceptors (Lipinski definition) is 2. The summed E-state index contributed by atoms with van der Waals surface area (Å²) in [5.74, 6) is 0. The van der Waals surface area contributed by atoms with E-state index >= 15 is 0 Å². The monoisotopic (exact) mass is 774 g/mol. The molecule has 284 valence electrons. The van der Waals surface area contributed by atoms with Gasteiger partial charge in [0.2, 0.25) is 0 Å². The molecule has 0 spiro atoms. The van der Waals surface area contributed by atoms with Crippen molar-refractivity contribution in [3.05, 3.63) is 218 Å². The van der Waals surface area contributed by atoms with Crippen molar-refractivity contribution in [2.24, 2.45) is 0 Å². The van der Waals surface area contributed by atoms with Crippen LogP contribution in [0.15, 0.2) is 213 Å². The minimum absolute atomic E-state index is 0.869. The Labute approximate surface area is 354 Å². The summed E-state index contributed by atoms with van der Waals surface area (Å²) in [6.07, 6.45) is 3.75. The lowest BCUT2D eigenvalue weighted by molar-refractivity contribution is 1.25. The number of fused-ring (bicyclic) bond motifs is 8. The van der Waals surface area contributed by atoms with Crippen LogP contribution in [-0.4, -0.2) is 9.97 Å². The fourth-order valence-electron chi connectivity index (χ4n) is 9.87. The third kappa shape index (κ3) is 5.72. The van der Waals surface area contributed by atoms with Crippen LogP contribution >= 0.6 is 0 Å². The summed E-state index contributed by atoms with van der Waals surface area (Å²) >= 11 is 0. The Bertz CT molecular complexity index is 3620. The van der Waals surface area contributed by atoms with Crippen molar-refractivity contribution in [3.8, 4) is 55.9 Å². The quantitative estimate of drug-likeness (QED) is 0.129. The number of pyridine rings is 2. The lowest BCUT2D eigenvalue weighted by atomic mass is 9.84. The van der Waals surface area contributed by atoms with Gasteiger partial charge in [-0.1, -0.05) is 176 Å². The molecule has 0 saturated heterocycles. The topological polar surface area (TPSA) is 25.8 Å². The minimum Gasteiger partial charge on any atom is -0.255 e. The Morgan fingerprint density at radius 1 is 0.311 bits per heavy atom. The van der Waals surface area contributed by atoms with Gasteiger partial charge in [-0.15, -0.1) is 0 Å². The minimum atomic E-state index is 0.869. The molecule has 0 radical (unpaired) electrons. The maximum Gasteiger partial charge on any atom is 0.0886 e. The number of aromatic nitrogens is 2. The third-order valence-corrected chi connectivity index (χ3v) is 12.7. The highest BCUT2D eigenvalue weighted by atomic mass is 14.8. The predicted octanol–water partition coefficient (Wildman–Crippen LogP) is 16.0. The van der Waals surface area contributed by atoms with Crippen molar-refractivity contribution in [3.63, 3.8) is 0 Å². The number of hydrogen-bond donors (Lipinski definition) is 0. The lowest BCUT2D eigenvalue weighted by Gasteiger charge is -2.19. The van der Waals surface area contributed by atoms with Gasteiger partial charge in [-0.25, -0.2) is 0 Å². The van der Waals surface area contributed by atoms with E-state index < -0.39 is 0 Å². The Balaban J connectivity index is 1.00. The van der Waals surface area contributed by atoms with Crippen LogP contribution < -0.4 is 0 Å². The zero-order valence-corrected chi connectivity index (χ0v) is 33.6. The Morgan fingerprint density at radius 3 is 1.48 bits per heavy atom. The summed E-state index contributed by atoms with van der Waals surface area (Å²) in [4.78, 5) is 9.20. The van der Waals surface area contributed by atoms with Gasteiger partial charge >= 0.3 is 0 Å². The first-order valence-corrected chi connectivity index (χ1v) is 21.0. The highest BCUT2D eigenvalue weighted by Gasteiger charge is 2.19. The molecule has 0 aliphatic carbocycles. The summed E-state index contributed by atoms with van der Waals surface area (Å²) < 4.78 is 0. The van der Waals surface area contributed by atoms with Crippen LogP contribution in [0.2, 0.25) is 0 Å². The molecule has 12 rings (SSSR count). The molecule has 12 aromatic rings. The molecule has 61 heavy (non-hydrogen) atoms. The molecule has 0 atom stereocenters. The molecule has 2 nitrogen and oxygen atoms in total. The first-order valence-electron chi connectivity index (χ1n) is 21.0. The van der Waals surface area contributed by atoms with Crippen LogP contribution in [0, 0.1) is 6.92 Å². The largest absolute Gasteiger partial charge is 0.255 e. The standard InChI is InChI=1S/C59H38N2/c1-37-11-8-12-39-26-27-41-14-10-20-52(59(41)55(37)39)51-19-9-13-40-28-29-43-35-44(30-32-46(43)56(40)51)58-49-17-4-2-15-47(49)57(48-16-3-5-18-50(48)58)42-24-22-38(23-25-42)45-31-33-54(61-36-45)53-21-6-7-34-60-53/h2-36H,1H3. The van der Waals surface area contributed by atoms with Crippen LogP contribution in [0.5, 0.6) is 0 Å². The van der Waals surface area contributed by atoms with E-state index in [9.17, 15) is 0 Å². The summed E-state index contributed by atoms with van der Waals surface area (Å²) in [5.41, 5.74) is 12.7. The zero-order chi connectivity index (χ0) is 40.4. The number of nitrogens with zero attached hydrogens (tertiary/aromatic N) is 2. The molecule has 0 saturated carbocycles. The fraction of sp³-hybridized carbons (Fsp3) is 0.0169. The van der Waals surface area contributed by atoms with E-state index in [4.69, 9.17) is 4.98 Å². The average molecular weight is 775 g/mol. The molecule has 0 fully saturated rings. The van der Waals surface area contributed by atoms with E-state index in [1.807, 2.05) is 30.5 Å². The van der Waals surface area contributed by atoms with Gasteiger partial charge < -0.3 is 0 Å². The molecule has 2 aromatic heterocycles. The molecule has 0 aliphatic rings. The zero-order valence-electron chi connectivity index (χ0n) is 33.6.